The quantitative estimate of drug-likeness (QED) is 0.924. The van der Waals surface area contributed by atoms with Crippen LogP contribution in [0.5, 0.6) is 11.6 Å². The summed E-state index contributed by atoms with van der Waals surface area (Å²) in [5.41, 5.74) is -0.361. The highest BCUT2D eigenvalue weighted by atomic mass is 19.1. The minimum absolute atomic E-state index is 0.0592. The van der Waals surface area contributed by atoms with Gasteiger partial charge in [-0.1, -0.05) is 0 Å². The molecule has 0 aliphatic carbocycles. The maximum atomic E-state index is 13.6. The number of halogens is 2. The summed E-state index contributed by atoms with van der Waals surface area (Å²) in [7, 11) is 0. The van der Waals surface area contributed by atoms with E-state index in [0.29, 0.717) is 0 Å². The Balaban J connectivity index is 2.44. The number of aryl methyl sites for hydroxylation is 1. The fourth-order valence-electron chi connectivity index (χ4n) is 1.37. The van der Waals surface area contributed by atoms with E-state index in [1.165, 1.54) is 6.92 Å². The highest BCUT2D eigenvalue weighted by Crippen LogP contribution is 2.27. The normalized spacial score (nSPS) is 10.3. The van der Waals surface area contributed by atoms with Crippen LogP contribution in [0.3, 0.4) is 0 Å². The van der Waals surface area contributed by atoms with Crippen LogP contribution in [0.4, 0.5) is 8.78 Å². The molecule has 1 heterocycles. The number of nitrogens with zero attached hydrogens (tertiary/aromatic N) is 2. The molecule has 19 heavy (non-hydrogen) atoms. The zero-order chi connectivity index (χ0) is 14.0. The minimum atomic E-state index is -1.39. The van der Waals surface area contributed by atoms with Gasteiger partial charge in [-0.3, -0.25) is 0 Å². The van der Waals surface area contributed by atoms with Crippen LogP contribution in [0.25, 0.3) is 0 Å². The summed E-state index contributed by atoms with van der Waals surface area (Å²) in [6, 6.07) is 2.88. The third-order valence-corrected chi connectivity index (χ3v) is 2.31. The maximum absolute atomic E-state index is 13.6. The van der Waals surface area contributed by atoms with Crippen LogP contribution in [0, 0.1) is 18.6 Å². The van der Waals surface area contributed by atoms with Crippen LogP contribution < -0.4 is 4.74 Å². The molecule has 7 heteroatoms. The van der Waals surface area contributed by atoms with Crippen LogP contribution >= 0.6 is 0 Å². The van der Waals surface area contributed by atoms with Gasteiger partial charge in [-0.25, -0.2) is 14.2 Å². The van der Waals surface area contributed by atoms with E-state index in [9.17, 15) is 13.6 Å². The number of hydrogen-bond donors (Lipinski definition) is 1. The highest BCUT2D eigenvalue weighted by Gasteiger charge is 2.16. The van der Waals surface area contributed by atoms with Gasteiger partial charge in [0.25, 0.3) is 5.88 Å². The van der Waals surface area contributed by atoms with Crippen LogP contribution in [-0.2, 0) is 0 Å². The molecule has 1 aromatic heterocycles. The van der Waals surface area contributed by atoms with E-state index in [1.54, 1.807) is 0 Å². The van der Waals surface area contributed by atoms with E-state index in [4.69, 9.17) is 9.84 Å². The number of aromatic carboxylic acids is 1. The second-order valence-electron chi connectivity index (χ2n) is 3.63. The predicted octanol–water partition coefficient (Wildman–Crippen LogP) is 2.55. The number of rotatable bonds is 3. The molecule has 0 radical (unpaired) electrons. The number of carboxylic acid groups (broad SMARTS) is 1. The summed E-state index contributed by atoms with van der Waals surface area (Å²) in [6.07, 6.45) is 1.08. The monoisotopic (exact) mass is 266 g/mol. The van der Waals surface area contributed by atoms with Crippen LogP contribution in [-0.4, -0.2) is 21.0 Å². The Labute approximate surface area is 106 Å². The summed E-state index contributed by atoms with van der Waals surface area (Å²) >= 11 is 0. The largest absolute Gasteiger partial charge is 0.478 e. The zero-order valence-electron chi connectivity index (χ0n) is 9.72. The molecule has 0 fully saturated rings. The molecule has 0 unspecified atom stereocenters. The van der Waals surface area contributed by atoms with Gasteiger partial charge in [0, 0.05) is 0 Å². The maximum Gasteiger partial charge on any atom is 0.339 e. The van der Waals surface area contributed by atoms with Gasteiger partial charge in [0.2, 0.25) is 5.82 Å². The Kier molecular flexibility index (Phi) is 3.37. The Morgan fingerprint density at radius 1 is 1.32 bits per heavy atom. The van der Waals surface area contributed by atoms with E-state index in [2.05, 4.69) is 9.97 Å². The molecule has 0 aliphatic heterocycles. The Morgan fingerprint density at radius 3 is 2.74 bits per heavy atom. The molecular formula is C12H8F2N2O3. The Hall–Kier alpha value is -2.57. The standard InChI is InChI=1S/C12H8F2N2O3/c1-6-10(14)11(16-5-15-6)19-9-3-2-7(13)4-8(9)12(17)18/h2-5H,1H3,(H,17,18). The van der Waals surface area contributed by atoms with E-state index in [0.717, 1.165) is 24.5 Å². The summed E-state index contributed by atoms with van der Waals surface area (Å²) in [5, 5.41) is 8.92. The first-order valence-electron chi connectivity index (χ1n) is 5.17. The zero-order valence-corrected chi connectivity index (χ0v) is 9.72. The lowest BCUT2D eigenvalue weighted by atomic mass is 10.2. The van der Waals surface area contributed by atoms with Gasteiger partial charge in [0.1, 0.15) is 23.5 Å². The lowest BCUT2D eigenvalue weighted by molar-refractivity contribution is 0.0693. The summed E-state index contributed by atoms with van der Waals surface area (Å²) < 4.78 is 31.7. The molecule has 2 aromatic rings. The number of benzene rings is 1. The van der Waals surface area contributed by atoms with E-state index in [-0.39, 0.29) is 11.4 Å². The smallest absolute Gasteiger partial charge is 0.339 e. The van der Waals surface area contributed by atoms with Gasteiger partial charge in [-0.15, -0.1) is 0 Å². The van der Waals surface area contributed by atoms with Crippen LogP contribution in [0.1, 0.15) is 16.1 Å². The Bertz CT molecular complexity index is 647. The number of carbonyl (C=O) groups is 1. The lowest BCUT2D eigenvalue weighted by Gasteiger charge is -2.08. The van der Waals surface area contributed by atoms with E-state index in [1.807, 2.05) is 0 Å². The first kappa shape index (κ1) is 12.9. The van der Waals surface area contributed by atoms with Gasteiger partial charge in [-0.2, -0.15) is 9.37 Å². The van der Waals surface area contributed by atoms with Gasteiger partial charge in [-0.05, 0) is 25.1 Å². The fraction of sp³-hybridized carbons (Fsp3) is 0.0833. The SMILES string of the molecule is Cc1ncnc(Oc2ccc(F)cc2C(=O)O)c1F. The van der Waals surface area contributed by atoms with Crippen LogP contribution in [0.2, 0.25) is 0 Å². The summed E-state index contributed by atoms with van der Waals surface area (Å²) in [5.74, 6) is -3.54. The number of ether oxygens (including phenoxy) is 1. The third-order valence-electron chi connectivity index (χ3n) is 2.31. The first-order chi connectivity index (χ1) is 8.99. The minimum Gasteiger partial charge on any atom is -0.478 e. The Morgan fingerprint density at radius 2 is 2.05 bits per heavy atom. The molecule has 1 N–H and O–H groups in total. The second kappa shape index (κ2) is 4.97. The van der Waals surface area contributed by atoms with Crippen LogP contribution in [0.15, 0.2) is 24.5 Å². The van der Waals surface area contributed by atoms with Crippen molar-refractivity contribution in [1.29, 1.82) is 0 Å². The average molecular weight is 266 g/mol. The molecule has 98 valence electrons. The number of aromatic nitrogens is 2. The van der Waals surface area contributed by atoms with Crippen molar-refractivity contribution in [3.05, 3.63) is 47.4 Å². The van der Waals surface area contributed by atoms with Crippen molar-refractivity contribution >= 4 is 5.97 Å². The topological polar surface area (TPSA) is 72.3 Å². The summed E-state index contributed by atoms with van der Waals surface area (Å²) in [6.45, 7) is 1.41. The number of carboxylic acids is 1. The van der Waals surface area contributed by atoms with Gasteiger partial charge in [0.05, 0.1) is 5.69 Å². The molecule has 0 saturated heterocycles. The average Bonchev–Trinajstić information content (AvgIpc) is 2.36. The lowest BCUT2D eigenvalue weighted by Crippen LogP contribution is -2.03. The van der Waals surface area contributed by atoms with E-state index >= 15 is 0 Å². The van der Waals surface area contributed by atoms with Crippen molar-refractivity contribution in [3.8, 4) is 11.6 Å². The van der Waals surface area contributed by atoms with Crippen molar-refractivity contribution in [2.24, 2.45) is 0 Å². The second-order valence-corrected chi connectivity index (χ2v) is 3.63. The van der Waals surface area contributed by atoms with Gasteiger partial charge in [0.15, 0.2) is 0 Å². The first-order valence-corrected chi connectivity index (χ1v) is 5.17. The third kappa shape index (κ3) is 2.65. The fourth-order valence-corrected chi connectivity index (χ4v) is 1.37. The molecule has 0 bridgehead atoms. The molecule has 0 atom stereocenters. The van der Waals surface area contributed by atoms with E-state index < -0.39 is 29.0 Å². The van der Waals surface area contributed by atoms with Crippen molar-refractivity contribution in [2.45, 2.75) is 6.92 Å². The molecule has 0 amide bonds. The number of hydrogen-bond acceptors (Lipinski definition) is 4. The van der Waals surface area contributed by atoms with Crippen molar-refractivity contribution in [1.82, 2.24) is 9.97 Å². The van der Waals surface area contributed by atoms with Gasteiger partial charge < -0.3 is 9.84 Å². The molecule has 1 aromatic carbocycles. The molecule has 5 nitrogen and oxygen atoms in total. The van der Waals surface area contributed by atoms with Gasteiger partial charge >= 0.3 is 5.97 Å². The van der Waals surface area contributed by atoms with Crippen molar-refractivity contribution in [2.75, 3.05) is 0 Å². The highest BCUT2D eigenvalue weighted by molar-refractivity contribution is 5.90. The molecule has 0 spiro atoms. The molecule has 2 rings (SSSR count). The van der Waals surface area contributed by atoms with Crippen molar-refractivity contribution < 1.29 is 23.4 Å². The molecule has 0 saturated carbocycles. The predicted molar refractivity (Wildman–Crippen MR) is 60.2 cm³/mol. The molecule has 0 aliphatic rings. The summed E-state index contributed by atoms with van der Waals surface area (Å²) in [4.78, 5) is 18.1. The molecular weight excluding hydrogens is 258 g/mol. The van der Waals surface area contributed by atoms with Crippen molar-refractivity contribution in [3.63, 3.8) is 0 Å².